The molecule has 0 aliphatic heterocycles. The van der Waals surface area contributed by atoms with Crippen molar-refractivity contribution >= 4 is 33.4 Å². The van der Waals surface area contributed by atoms with Crippen molar-refractivity contribution in [3.63, 3.8) is 0 Å². The Morgan fingerprint density at radius 2 is 2.20 bits per heavy atom. The van der Waals surface area contributed by atoms with Gasteiger partial charge in [-0.3, -0.25) is 0 Å². The molecular formula is C13H18ClNO3S2. The summed E-state index contributed by atoms with van der Waals surface area (Å²) in [6.45, 7) is -0.212. The number of aliphatic hydroxyl groups excluding tert-OH is 1. The van der Waals surface area contributed by atoms with Crippen LogP contribution in [0, 0.1) is 0 Å². The van der Waals surface area contributed by atoms with E-state index in [0.29, 0.717) is 10.8 Å². The molecule has 1 saturated carbocycles. The molecule has 4 nitrogen and oxygen atoms in total. The first kappa shape index (κ1) is 16.1. The molecule has 0 amide bonds. The summed E-state index contributed by atoms with van der Waals surface area (Å²) in [7, 11) is -3.66. The summed E-state index contributed by atoms with van der Waals surface area (Å²) in [4.78, 5) is 0.0393. The highest BCUT2D eigenvalue weighted by Crippen LogP contribution is 2.30. The van der Waals surface area contributed by atoms with Gasteiger partial charge in [0.05, 0.1) is 11.6 Å². The molecule has 0 heterocycles. The van der Waals surface area contributed by atoms with Gasteiger partial charge in [0.2, 0.25) is 10.0 Å². The lowest BCUT2D eigenvalue weighted by molar-refractivity contribution is 0.281. The Hall–Kier alpha value is -0.270. The molecule has 0 aromatic heterocycles. The molecule has 2 N–H and O–H groups in total. The number of nitrogens with one attached hydrogen (secondary N) is 1. The van der Waals surface area contributed by atoms with E-state index in [9.17, 15) is 8.42 Å². The van der Waals surface area contributed by atoms with E-state index in [4.69, 9.17) is 16.7 Å². The fourth-order valence-electron chi connectivity index (χ4n) is 2.46. The number of aliphatic hydroxyl groups is 1. The van der Waals surface area contributed by atoms with Gasteiger partial charge in [-0.1, -0.05) is 24.1 Å². The van der Waals surface area contributed by atoms with Crippen LogP contribution in [0.5, 0.6) is 0 Å². The predicted molar refractivity (Wildman–Crippen MR) is 82.6 cm³/mol. The Morgan fingerprint density at radius 3 is 2.85 bits per heavy atom. The Bertz CT molecular complexity index is 577. The van der Waals surface area contributed by atoms with Gasteiger partial charge in [-0.05, 0) is 36.8 Å². The minimum Gasteiger partial charge on any atom is -0.392 e. The van der Waals surface area contributed by atoms with E-state index in [2.05, 4.69) is 4.72 Å². The minimum atomic E-state index is -3.66. The molecule has 1 aliphatic carbocycles. The molecule has 1 aliphatic rings. The third-order valence-electron chi connectivity index (χ3n) is 3.53. The SMILES string of the molecule is CSC1CCCC1NS(=O)(=O)c1cc(CO)ccc1Cl. The maximum atomic E-state index is 12.5. The molecule has 0 saturated heterocycles. The first-order valence-electron chi connectivity index (χ1n) is 6.42. The Morgan fingerprint density at radius 1 is 1.45 bits per heavy atom. The Kier molecular flexibility index (Phi) is 5.36. The van der Waals surface area contributed by atoms with Gasteiger partial charge in [0.25, 0.3) is 0 Å². The highest BCUT2D eigenvalue weighted by molar-refractivity contribution is 7.99. The highest BCUT2D eigenvalue weighted by Gasteiger charge is 2.31. The first-order valence-corrected chi connectivity index (χ1v) is 9.57. The third kappa shape index (κ3) is 3.49. The molecule has 112 valence electrons. The second-order valence-electron chi connectivity index (χ2n) is 4.86. The van der Waals surface area contributed by atoms with E-state index < -0.39 is 10.0 Å². The van der Waals surface area contributed by atoms with Crippen molar-refractivity contribution in [3.05, 3.63) is 28.8 Å². The molecule has 20 heavy (non-hydrogen) atoms. The summed E-state index contributed by atoms with van der Waals surface area (Å²) >= 11 is 7.68. The van der Waals surface area contributed by atoms with Crippen LogP contribution in [-0.2, 0) is 16.6 Å². The topological polar surface area (TPSA) is 66.4 Å². The van der Waals surface area contributed by atoms with Crippen LogP contribution in [0.4, 0.5) is 0 Å². The van der Waals surface area contributed by atoms with Gasteiger partial charge in [-0.15, -0.1) is 0 Å². The largest absolute Gasteiger partial charge is 0.392 e. The van der Waals surface area contributed by atoms with Crippen molar-refractivity contribution in [1.29, 1.82) is 0 Å². The van der Waals surface area contributed by atoms with Crippen LogP contribution < -0.4 is 4.72 Å². The van der Waals surface area contributed by atoms with Crippen molar-refractivity contribution in [2.75, 3.05) is 6.26 Å². The van der Waals surface area contributed by atoms with Gasteiger partial charge in [0.1, 0.15) is 4.90 Å². The van der Waals surface area contributed by atoms with Crippen molar-refractivity contribution in [2.45, 2.75) is 42.1 Å². The number of halogens is 1. The maximum absolute atomic E-state index is 12.5. The highest BCUT2D eigenvalue weighted by atomic mass is 35.5. The Labute approximate surface area is 129 Å². The average Bonchev–Trinajstić information content (AvgIpc) is 2.85. The van der Waals surface area contributed by atoms with Gasteiger partial charge in [-0.2, -0.15) is 11.8 Å². The molecule has 2 atom stereocenters. The van der Waals surface area contributed by atoms with E-state index in [-0.39, 0.29) is 22.6 Å². The van der Waals surface area contributed by atoms with Crippen LogP contribution in [0.3, 0.4) is 0 Å². The zero-order valence-electron chi connectivity index (χ0n) is 11.2. The second-order valence-corrected chi connectivity index (χ2v) is 8.02. The average molecular weight is 336 g/mol. The normalized spacial score (nSPS) is 23.1. The number of thioether (sulfide) groups is 1. The van der Waals surface area contributed by atoms with Crippen LogP contribution in [0.1, 0.15) is 24.8 Å². The van der Waals surface area contributed by atoms with Gasteiger partial charge in [-0.25, -0.2) is 13.1 Å². The van der Waals surface area contributed by atoms with Crippen LogP contribution in [0.2, 0.25) is 5.02 Å². The summed E-state index contributed by atoms with van der Waals surface area (Å²) in [6.07, 6.45) is 4.90. The number of rotatable bonds is 5. The lowest BCUT2D eigenvalue weighted by Gasteiger charge is -2.19. The van der Waals surface area contributed by atoms with Crippen molar-refractivity contribution in [2.24, 2.45) is 0 Å². The molecule has 2 rings (SSSR count). The molecule has 0 radical (unpaired) electrons. The van der Waals surface area contributed by atoms with Crippen LogP contribution in [-0.4, -0.2) is 31.1 Å². The van der Waals surface area contributed by atoms with Gasteiger partial charge < -0.3 is 5.11 Å². The van der Waals surface area contributed by atoms with E-state index in [0.717, 1.165) is 19.3 Å². The molecule has 0 bridgehead atoms. The third-order valence-corrected chi connectivity index (χ3v) is 6.67. The lowest BCUT2D eigenvalue weighted by Crippen LogP contribution is -2.38. The summed E-state index contributed by atoms with van der Waals surface area (Å²) < 4.78 is 27.7. The molecular weight excluding hydrogens is 318 g/mol. The fourth-order valence-corrected chi connectivity index (χ4v) is 5.34. The first-order chi connectivity index (χ1) is 9.47. The summed E-state index contributed by atoms with van der Waals surface area (Å²) in [5, 5.41) is 9.61. The van der Waals surface area contributed by atoms with Gasteiger partial charge in [0, 0.05) is 11.3 Å². The molecule has 1 aromatic rings. The summed E-state index contributed by atoms with van der Waals surface area (Å²) in [5.41, 5.74) is 0.530. The molecule has 7 heteroatoms. The van der Waals surface area contributed by atoms with E-state index in [1.807, 2.05) is 6.26 Å². The molecule has 1 aromatic carbocycles. The number of benzene rings is 1. The zero-order chi connectivity index (χ0) is 14.8. The van der Waals surface area contributed by atoms with E-state index in [1.165, 1.54) is 12.1 Å². The van der Waals surface area contributed by atoms with Crippen molar-refractivity contribution in [3.8, 4) is 0 Å². The Balaban J connectivity index is 2.26. The minimum absolute atomic E-state index is 0.0393. The standard InChI is InChI=1S/C13H18ClNO3S2/c1-19-12-4-2-3-11(12)15-20(17,18)13-7-9(8-16)5-6-10(13)14/h5-7,11-12,15-16H,2-4,8H2,1H3. The quantitative estimate of drug-likeness (QED) is 0.867. The van der Waals surface area contributed by atoms with E-state index in [1.54, 1.807) is 17.8 Å². The number of hydrogen-bond acceptors (Lipinski definition) is 4. The molecule has 2 unspecified atom stereocenters. The lowest BCUT2D eigenvalue weighted by atomic mass is 10.2. The monoisotopic (exact) mass is 335 g/mol. The summed E-state index contributed by atoms with van der Waals surface area (Å²) in [5.74, 6) is 0. The predicted octanol–water partition coefficient (Wildman–Crippen LogP) is 2.39. The molecule has 1 fully saturated rings. The van der Waals surface area contributed by atoms with Crippen molar-refractivity contribution in [1.82, 2.24) is 4.72 Å². The van der Waals surface area contributed by atoms with Crippen LogP contribution >= 0.6 is 23.4 Å². The number of sulfonamides is 1. The fraction of sp³-hybridized carbons (Fsp3) is 0.538. The summed E-state index contributed by atoms with van der Waals surface area (Å²) in [6, 6.07) is 4.49. The van der Waals surface area contributed by atoms with Crippen LogP contribution in [0.25, 0.3) is 0 Å². The smallest absolute Gasteiger partial charge is 0.242 e. The van der Waals surface area contributed by atoms with Gasteiger partial charge >= 0.3 is 0 Å². The van der Waals surface area contributed by atoms with Crippen molar-refractivity contribution < 1.29 is 13.5 Å². The number of hydrogen-bond donors (Lipinski definition) is 2. The van der Waals surface area contributed by atoms with E-state index >= 15 is 0 Å². The zero-order valence-corrected chi connectivity index (χ0v) is 13.6. The maximum Gasteiger partial charge on any atom is 0.242 e. The van der Waals surface area contributed by atoms with Crippen LogP contribution in [0.15, 0.2) is 23.1 Å². The second kappa shape index (κ2) is 6.66. The molecule has 0 spiro atoms. The van der Waals surface area contributed by atoms with Gasteiger partial charge in [0.15, 0.2) is 0 Å².